The predicted molar refractivity (Wildman–Crippen MR) is 114 cm³/mol. The lowest BCUT2D eigenvalue weighted by molar-refractivity contribution is -0.137. The number of carbonyl (C=O) groups excluding carboxylic acids is 1. The van der Waals surface area contributed by atoms with Gasteiger partial charge in [-0.15, -0.1) is 5.10 Å². The first-order valence-electron chi connectivity index (χ1n) is 9.80. The van der Waals surface area contributed by atoms with Gasteiger partial charge in [0.25, 0.3) is 0 Å². The Hall–Kier alpha value is -4.41. The maximum atomic E-state index is 13.2. The first-order chi connectivity index (χ1) is 15.8. The van der Waals surface area contributed by atoms with Crippen LogP contribution in [0.25, 0.3) is 22.4 Å². The van der Waals surface area contributed by atoms with E-state index in [0.29, 0.717) is 11.2 Å². The molecule has 0 radical (unpaired) electrons. The van der Waals surface area contributed by atoms with Gasteiger partial charge in [0.15, 0.2) is 5.65 Å². The van der Waals surface area contributed by atoms with Crippen LogP contribution in [0, 0.1) is 0 Å². The Morgan fingerprint density at radius 2 is 1.70 bits per heavy atom. The van der Waals surface area contributed by atoms with E-state index in [1.807, 2.05) is 30.3 Å². The van der Waals surface area contributed by atoms with E-state index >= 15 is 0 Å². The minimum Gasteiger partial charge on any atom is -0.324 e. The molecule has 0 aliphatic heterocycles. The number of amides is 1. The van der Waals surface area contributed by atoms with Gasteiger partial charge in [-0.05, 0) is 18.2 Å². The van der Waals surface area contributed by atoms with Crippen LogP contribution in [0.4, 0.5) is 18.9 Å². The molecule has 3 heterocycles. The second kappa shape index (κ2) is 7.62. The molecule has 0 saturated heterocycles. The fourth-order valence-electron chi connectivity index (χ4n) is 3.55. The molecule has 0 unspecified atom stereocenters. The average Bonchev–Trinajstić information content (AvgIpc) is 3.36. The molecule has 0 fully saturated rings. The van der Waals surface area contributed by atoms with Crippen molar-refractivity contribution in [3.05, 3.63) is 89.1 Å². The standard InChI is InChI=1S/C22H15F3N6O2/c23-22(24,25)15-8-4-5-9-16(15)26-19(32)13-31-21(33)29-10-11-30-18(20(29)28-31)12-17(27-30)14-6-2-1-3-7-14/h1-12H,13H2,(H,26,32). The highest BCUT2D eigenvalue weighted by molar-refractivity contribution is 5.91. The molecule has 1 N–H and O–H groups in total. The maximum absolute atomic E-state index is 13.2. The zero-order chi connectivity index (χ0) is 23.2. The predicted octanol–water partition coefficient (Wildman–Crippen LogP) is 3.47. The molecule has 8 nitrogen and oxygen atoms in total. The third-order valence-electron chi connectivity index (χ3n) is 5.06. The smallest absolute Gasteiger partial charge is 0.324 e. The summed E-state index contributed by atoms with van der Waals surface area (Å²) in [7, 11) is 0. The summed E-state index contributed by atoms with van der Waals surface area (Å²) in [5, 5.41) is 10.9. The number of rotatable bonds is 4. The molecule has 11 heteroatoms. The minimum atomic E-state index is -4.63. The minimum absolute atomic E-state index is 0.265. The van der Waals surface area contributed by atoms with Crippen molar-refractivity contribution in [1.82, 2.24) is 23.8 Å². The number of hydrogen-bond acceptors (Lipinski definition) is 4. The van der Waals surface area contributed by atoms with Crippen LogP contribution in [0.15, 0.2) is 77.9 Å². The number of halogens is 3. The lowest BCUT2D eigenvalue weighted by Gasteiger charge is -2.13. The molecule has 0 spiro atoms. The summed E-state index contributed by atoms with van der Waals surface area (Å²) in [5.74, 6) is -0.813. The van der Waals surface area contributed by atoms with Crippen molar-refractivity contribution < 1.29 is 18.0 Å². The van der Waals surface area contributed by atoms with Gasteiger partial charge in [-0.25, -0.2) is 18.4 Å². The van der Waals surface area contributed by atoms with Gasteiger partial charge in [0.05, 0.1) is 16.9 Å². The zero-order valence-corrected chi connectivity index (χ0v) is 16.8. The summed E-state index contributed by atoms with van der Waals surface area (Å²) in [6.45, 7) is -0.557. The van der Waals surface area contributed by atoms with Crippen molar-refractivity contribution in [2.24, 2.45) is 0 Å². The van der Waals surface area contributed by atoms with Crippen LogP contribution in [0.3, 0.4) is 0 Å². The van der Waals surface area contributed by atoms with E-state index in [-0.39, 0.29) is 5.65 Å². The Labute approximate surface area is 183 Å². The van der Waals surface area contributed by atoms with Crippen LogP contribution in [0.2, 0.25) is 0 Å². The Morgan fingerprint density at radius 1 is 0.970 bits per heavy atom. The highest BCUT2D eigenvalue weighted by Gasteiger charge is 2.33. The largest absolute Gasteiger partial charge is 0.418 e. The normalized spacial score (nSPS) is 11.8. The molecule has 2 aromatic carbocycles. The van der Waals surface area contributed by atoms with Crippen molar-refractivity contribution in [2.45, 2.75) is 12.7 Å². The summed E-state index contributed by atoms with van der Waals surface area (Å²) in [6, 6.07) is 15.8. The summed E-state index contributed by atoms with van der Waals surface area (Å²) in [6.07, 6.45) is -1.58. The van der Waals surface area contributed by atoms with Gasteiger partial charge >= 0.3 is 11.9 Å². The van der Waals surface area contributed by atoms with E-state index in [2.05, 4.69) is 15.5 Å². The monoisotopic (exact) mass is 452 g/mol. The second-order valence-corrected chi connectivity index (χ2v) is 7.25. The Kier molecular flexibility index (Phi) is 4.73. The van der Waals surface area contributed by atoms with Crippen LogP contribution in [0.5, 0.6) is 0 Å². The summed E-state index contributed by atoms with van der Waals surface area (Å²) >= 11 is 0. The third-order valence-corrected chi connectivity index (χ3v) is 5.06. The Bertz CT molecular complexity index is 1550. The Balaban J connectivity index is 1.48. The molecule has 5 rings (SSSR count). The third kappa shape index (κ3) is 3.73. The summed E-state index contributed by atoms with van der Waals surface area (Å²) in [4.78, 5) is 25.2. The van der Waals surface area contributed by atoms with Crippen molar-refractivity contribution in [3.63, 3.8) is 0 Å². The number of para-hydroxylation sites is 1. The fourth-order valence-corrected chi connectivity index (χ4v) is 3.55. The van der Waals surface area contributed by atoms with E-state index in [1.165, 1.54) is 22.7 Å². The first kappa shape index (κ1) is 20.5. The van der Waals surface area contributed by atoms with Crippen LogP contribution in [-0.4, -0.2) is 29.7 Å². The molecule has 0 saturated carbocycles. The van der Waals surface area contributed by atoms with Crippen molar-refractivity contribution in [3.8, 4) is 11.3 Å². The molecular weight excluding hydrogens is 437 g/mol. The van der Waals surface area contributed by atoms with E-state index in [1.54, 1.807) is 16.8 Å². The first-order valence-corrected chi connectivity index (χ1v) is 9.80. The van der Waals surface area contributed by atoms with Crippen LogP contribution in [0.1, 0.15) is 5.56 Å². The van der Waals surface area contributed by atoms with Gasteiger partial charge in [0, 0.05) is 18.0 Å². The highest BCUT2D eigenvalue weighted by atomic mass is 19.4. The van der Waals surface area contributed by atoms with Gasteiger partial charge in [-0.2, -0.15) is 18.3 Å². The SMILES string of the molecule is O=C(Cn1nc2c3cc(-c4ccccc4)nn3ccn2c1=O)Nc1ccccc1C(F)(F)F. The van der Waals surface area contributed by atoms with Crippen LogP contribution < -0.4 is 11.0 Å². The number of anilines is 1. The lowest BCUT2D eigenvalue weighted by Crippen LogP contribution is -2.28. The molecular formula is C22H15F3N6O2. The van der Waals surface area contributed by atoms with Gasteiger partial charge in [-0.1, -0.05) is 42.5 Å². The number of aromatic nitrogens is 5. The molecule has 33 heavy (non-hydrogen) atoms. The number of fused-ring (bicyclic) bond motifs is 3. The number of nitrogens with one attached hydrogen (secondary N) is 1. The second-order valence-electron chi connectivity index (χ2n) is 7.25. The molecule has 0 aliphatic carbocycles. The number of nitrogens with zero attached hydrogens (tertiary/aromatic N) is 5. The van der Waals surface area contributed by atoms with Crippen LogP contribution >= 0.6 is 0 Å². The summed E-state index contributed by atoms with van der Waals surface area (Å²) < 4.78 is 43.2. The average molecular weight is 452 g/mol. The van der Waals surface area contributed by atoms with E-state index in [0.717, 1.165) is 22.4 Å². The van der Waals surface area contributed by atoms with Gasteiger partial charge in [-0.3, -0.25) is 4.79 Å². The Morgan fingerprint density at radius 3 is 2.45 bits per heavy atom. The molecule has 0 bridgehead atoms. The topological polar surface area (TPSA) is 85.7 Å². The van der Waals surface area contributed by atoms with E-state index in [9.17, 15) is 22.8 Å². The number of benzene rings is 2. The molecule has 166 valence electrons. The number of hydrogen-bond donors (Lipinski definition) is 1. The van der Waals surface area contributed by atoms with E-state index in [4.69, 9.17) is 0 Å². The molecule has 5 aromatic rings. The quantitative estimate of drug-likeness (QED) is 0.453. The highest BCUT2D eigenvalue weighted by Crippen LogP contribution is 2.34. The fraction of sp³-hybridized carbons (Fsp3) is 0.0909. The molecule has 3 aromatic heterocycles. The van der Waals surface area contributed by atoms with E-state index < -0.39 is 35.6 Å². The van der Waals surface area contributed by atoms with Gasteiger partial charge < -0.3 is 5.32 Å². The van der Waals surface area contributed by atoms with Crippen molar-refractivity contribution >= 4 is 22.8 Å². The van der Waals surface area contributed by atoms with Crippen molar-refractivity contribution in [2.75, 3.05) is 5.32 Å². The number of alkyl halides is 3. The van der Waals surface area contributed by atoms with Crippen LogP contribution in [-0.2, 0) is 17.5 Å². The molecule has 0 atom stereocenters. The van der Waals surface area contributed by atoms with Gasteiger partial charge in [0.2, 0.25) is 5.91 Å². The summed E-state index contributed by atoms with van der Waals surface area (Å²) in [5.41, 5.74) is 0.383. The van der Waals surface area contributed by atoms with Crippen molar-refractivity contribution in [1.29, 1.82) is 0 Å². The lowest BCUT2D eigenvalue weighted by atomic mass is 10.1. The molecule has 0 aliphatic rings. The number of carbonyl (C=O) groups is 1. The maximum Gasteiger partial charge on any atom is 0.418 e. The zero-order valence-electron chi connectivity index (χ0n) is 16.8. The molecule has 1 amide bonds. The van der Waals surface area contributed by atoms with Gasteiger partial charge in [0.1, 0.15) is 12.1 Å².